The van der Waals surface area contributed by atoms with Crippen molar-refractivity contribution in [2.45, 2.75) is 32.7 Å². The third kappa shape index (κ3) is 3.29. The number of benzene rings is 2. The van der Waals surface area contributed by atoms with E-state index in [1.807, 2.05) is 63.2 Å². The first-order chi connectivity index (χ1) is 11.4. The molecule has 5 heteroatoms. The second-order valence-electron chi connectivity index (χ2n) is 6.47. The van der Waals surface area contributed by atoms with Gasteiger partial charge in [-0.2, -0.15) is 0 Å². The van der Waals surface area contributed by atoms with Crippen molar-refractivity contribution in [3.8, 4) is 0 Å². The molecule has 0 radical (unpaired) electrons. The van der Waals surface area contributed by atoms with Gasteiger partial charge in [-0.15, -0.1) is 0 Å². The summed E-state index contributed by atoms with van der Waals surface area (Å²) < 4.78 is 5.29. The molecule has 1 heterocycles. The first-order valence-electron chi connectivity index (χ1n) is 7.78. The van der Waals surface area contributed by atoms with E-state index in [2.05, 4.69) is 10.5 Å². The van der Waals surface area contributed by atoms with Crippen molar-refractivity contribution in [2.24, 2.45) is 0 Å². The zero-order valence-electron chi connectivity index (χ0n) is 13.9. The van der Waals surface area contributed by atoms with Crippen molar-refractivity contribution in [1.29, 1.82) is 0 Å². The molecule has 1 N–H and O–H groups in total. The predicted molar refractivity (Wildman–Crippen MR) is 95.1 cm³/mol. The number of fused-ring (bicyclic) bond motifs is 1. The molecule has 124 valence electrons. The van der Waals surface area contributed by atoms with Gasteiger partial charge in [0.05, 0.1) is 17.0 Å². The minimum absolute atomic E-state index is 0.114. The van der Waals surface area contributed by atoms with Gasteiger partial charge < -0.3 is 9.84 Å². The fraction of sp³-hybridized carbons (Fsp3) is 0.263. The lowest BCUT2D eigenvalue weighted by Gasteiger charge is -2.26. The molecule has 0 atom stereocenters. The van der Waals surface area contributed by atoms with Gasteiger partial charge in [-0.3, -0.25) is 4.79 Å². The van der Waals surface area contributed by atoms with Crippen LogP contribution in [0.25, 0.3) is 11.0 Å². The highest BCUT2D eigenvalue weighted by molar-refractivity contribution is 6.35. The molecule has 0 aliphatic heterocycles. The Bertz CT molecular complexity index is 885. The summed E-state index contributed by atoms with van der Waals surface area (Å²) >= 11 is 6.16. The molecule has 0 aliphatic rings. The number of rotatable bonds is 4. The van der Waals surface area contributed by atoms with Gasteiger partial charge in [0.1, 0.15) is 5.69 Å². The van der Waals surface area contributed by atoms with E-state index in [1.54, 1.807) is 0 Å². The largest absolute Gasteiger partial charge is 0.354 e. The Morgan fingerprint density at radius 2 is 1.96 bits per heavy atom. The molecule has 3 rings (SSSR count). The first kappa shape index (κ1) is 16.5. The summed E-state index contributed by atoms with van der Waals surface area (Å²) in [7, 11) is 0. The highest BCUT2D eigenvalue weighted by Gasteiger charge is 2.24. The van der Waals surface area contributed by atoms with E-state index in [9.17, 15) is 4.79 Å². The van der Waals surface area contributed by atoms with Crippen LogP contribution in [0.5, 0.6) is 0 Å². The van der Waals surface area contributed by atoms with Crippen molar-refractivity contribution in [3.05, 3.63) is 64.3 Å². The third-order valence-electron chi connectivity index (χ3n) is 4.02. The lowest BCUT2D eigenvalue weighted by Crippen LogP contribution is -2.41. The van der Waals surface area contributed by atoms with E-state index >= 15 is 0 Å². The maximum absolute atomic E-state index is 12.5. The minimum atomic E-state index is -0.467. The monoisotopic (exact) mass is 342 g/mol. The van der Waals surface area contributed by atoms with Crippen LogP contribution in [0.1, 0.15) is 30.7 Å². The fourth-order valence-corrected chi connectivity index (χ4v) is 3.09. The number of carbonyl (C=O) groups excluding carboxylic acids is 1. The summed E-state index contributed by atoms with van der Waals surface area (Å²) in [4.78, 5) is 12.5. The molecule has 3 aromatic rings. The van der Waals surface area contributed by atoms with Crippen LogP contribution >= 0.6 is 11.6 Å². The van der Waals surface area contributed by atoms with Crippen molar-refractivity contribution >= 4 is 28.5 Å². The Morgan fingerprint density at radius 3 is 2.67 bits per heavy atom. The smallest absolute Gasteiger partial charge is 0.226 e. The van der Waals surface area contributed by atoms with Gasteiger partial charge in [0.15, 0.2) is 5.58 Å². The summed E-state index contributed by atoms with van der Waals surface area (Å²) in [6, 6.07) is 13.6. The maximum atomic E-state index is 12.5. The lowest BCUT2D eigenvalue weighted by atomic mass is 9.94. The first-order valence-corrected chi connectivity index (χ1v) is 8.15. The summed E-state index contributed by atoms with van der Waals surface area (Å²) in [5.74, 6) is -0.114. The number of aryl methyl sites for hydroxylation is 1. The van der Waals surface area contributed by atoms with E-state index < -0.39 is 5.54 Å². The van der Waals surface area contributed by atoms with Gasteiger partial charge in [0.2, 0.25) is 5.91 Å². The Morgan fingerprint density at radius 1 is 1.25 bits per heavy atom. The van der Waals surface area contributed by atoms with E-state index in [0.717, 1.165) is 16.5 Å². The molecule has 0 spiro atoms. The Balaban J connectivity index is 1.81. The van der Waals surface area contributed by atoms with Crippen LogP contribution in [0.2, 0.25) is 5.02 Å². The molecule has 0 fully saturated rings. The van der Waals surface area contributed by atoms with Crippen LogP contribution in [0, 0.1) is 6.92 Å². The number of aromatic nitrogens is 1. The molecule has 0 bridgehead atoms. The lowest BCUT2D eigenvalue weighted by molar-refractivity contribution is -0.122. The maximum Gasteiger partial charge on any atom is 0.226 e. The van der Waals surface area contributed by atoms with Crippen LogP contribution in [-0.2, 0) is 16.8 Å². The number of hydrogen-bond acceptors (Lipinski definition) is 3. The topological polar surface area (TPSA) is 55.1 Å². The molecule has 0 unspecified atom stereocenters. The molecule has 2 aromatic carbocycles. The molecular weight excluding hydrogens is 324 g/mol. The summed E-state index contributed by atoms with van der Waals surface area (Å²) in [5.41, 5.74) is 2.69. The quantitative estimate of drug-likeness (QED) is 0.765. The fourth-order valence-electron chi connectivity index (χ4n) is 2.79. The van der Waals surface area contributed by atoms with E-state index in [0.29, 0.717) is 16.3 Å². The van der Waals surface area contributed by atoms with Gasteiger partial charge in [0.25, 0.3) is 0 Å². The third-order valence-corrected chi connectivity index (χ3v) is 4.30. The normalized spacial score (nSPS) is 11.7. The highest BCUT2D eigenvalue weighted by Crippen LogP contribution is 2.28. The van der Waals surface area contributed by atoms with Crippen molar-refractivity contribution in [2.75, 3.05) is 0 Å². The zero-order valence-corrected chi connectivity index (χ0v) is 14.6. The van der Waals surface area contributed by atoms with Crippen molar-refractivity contribution in [1.82, 2.24) is 10.5 Å². The number of nitrogens with zero attached hydrogens (tertiary/aromatic N) is 1. The average molecular weight is 343 g/mol. The Hall–Kier alpha value is -2.33. The minimum Gasteiger partial charge on any atom is -0.354 e. The van der Waals surface area contributed by atoms with E-state index in [-0.39, 0.29) is 12.3 Å². The summed E-state index contributed by atoms with van der Waals surface area (Å²) in [5, 5.41) is 8.36. The van der Waals surface area contributed by atoms with Crippen LogP contribution in [0.3, 0.4) is 0 Å². The summed E-state index contributed by atoms with van der Waals surface area (Å²) in [6.07, 6.45) is 0.142. The van der Waals surface area contributed by atoms with Crippen molar-refractivity contribution < 1.29 is 9.32 Å². The van der Waals surface area contributed by atoms with Crippen molar-refractivity contribution in [3.63, 3.8) is 0 Å². The molecule has 1 aromatic heterocycles. The second kappa shape index (κ2) is 6.29. The standard InChI is InChI=1S/C19H19ClN2O2/c1-12-9-14-16(22-24-18(14)15(20)10-12)11-17(23)21-19(2,3)13-7-5-4-6-8-13/h4-10H,11H2,1-3H3,(H,21,23). The predicted octanol–water partition coefficient (Wildman–Crippen LogP) is 4.38. The van der Waals surface area contributed by atoms with Crippen LogP contribution in [0.4, 0.5) is 0 Å². The molecule has 0 aliphatic carbocycles. The number of halogens is 1. The second-order valence-corrected chi connectivity index (χ2v) is 6.88. The van der Waals surface area contributed by atoms with Crippen LogP contribution < -0.4 is 5.32 Å². The number of hydrogen-bond donors (Lipinski definition) is 1. The number of nitrogens with one attached hydrogen (secondary N) is 1. The Labute approximate surface area is 145 Å². The molecule has 1 amide bonds. The molecule has 24 heavy (non-hydrogen) atoms. The number of amides is 1. The molecule has 0 saturated heterocycles. The highest BCUT2D eigenvalue weighted by atomic mass is 35.5. The van der Waals surface area contributed by atoms with Gasteiger partial charge in [0, 0.05) is 5.39 Å². The van der Waals surface area contributed by atoms with Gasteiger partial charge in [-0.25, -0.2) is 0 Å². The summed E-state index contributed by atoms with van der Waals surface area (Å²) in [6.45, 7) is 5.89. The van der Waals surface area contributed by atoms with Gasteiger partial charge in [-0.1, -0.05) is 47.1 Å². The van der Waals surface area contributed by atoms with Crippen LogP contribution in [0.15, 0.2) is 47.0 Å². The average Bonchev–Trinajstić information content (AvgIpc) is 2.90. The van der Waals surface area contributed by atoms with E-state index in [4.69, 9.17) is 16.1 Å². The number of carbonyl (C=O) groups is 1. The molecule has 0 saturated carbocycles. The SMILES string of the molecule is Cc1cc(Cl)c2onc(CC(=O)NC(C)(C)c3ccccc3)c2c1. The van der Waals surface area contributed by atoms with Gasteiger partial charge in [-0.05, 0) is 44.0 Å². The van der Waals surface area contributed by atoms with Gasteiger partial charge >= 0.3 is 0 Å². The Kier molecular flexibility index (Phi) is 4.33. The van der Waals surface area contributed by atoms with E-state index in [1.165, 1.54) is 0 Å². The zero-order chi connectivity index (χ0) is 17.3. The van der Waals surface area contributed by atoms with Crippen LogP contribution in [-0.4, -0.2) is 11.1 Å². The molecule has 4 nitrogen and oxygen atoms in total. The molecular formula is C19H19ClN2O2.